The van der Waals surface area contributed by atoms with Crippen LogP contribution in [0.2, 0.25) is 5.02 Å². The fraction of sp³-hybridized carbons (Fsp3) is 0.562. The topological polar surface area (TPSA) is 32.8 Å². The average Bonchev–Trinajstić information content (AvgIpc) is 2.93. The Morgan fingerprint density at radius 2 is 2.27 bits per heavy atom. The van der Waals surface area contributed by atoms with Crippen molar-refractivity contribution in [3.05, 3.63) is 28.8 Å². The van der Waals surface area contributed by atoms with E-state index < -0.39 is 0 Å². The maximum atomic E-state index is 12.9. The number of hydrogen-bond acceptors (Lipinski definition) is 4. The van der Waals surface area contributed by atoms with E-state index in [0.29, 0.717) is 17.6 Å². The largest absolute Gasteiger partial charge is 0.373 e. The van der Waals surface area contributed by atoms with Gasteiger partial charge in [-0.1, -0.05) is 18.5 Å². The molecule has 2 fully saturated rings. The first-order chi connectivity index (χ1) is 10.6. The highest BCUT2D eigenvalue weighted by Gasteiger charge is 2.40. The molecular weight excluding hydrogens is 320 g/mol. The third-order valence-electron chi connectivity index (χ3n) is 4.34. The first kappa shape index (κ1) is 16.1. The lowest BCUT2D eigenvalue weighted by Gasteiger charge is -2.33. The van der Waals surface area contributed by atoms with Crippen molar-refractivity contribution in [1.82, 2.24) is 9.80 Å². The van der Waals surface area contributed by atoms with E-state index in [9.17, 15) is 4.79 Å². The van der Waals surface area contributed by atoms with E-state index >= 15 is 0 Å². The van der Waals surface area contributed by atoms with Crippen LogP contribution in [0.25, 0.3) is 0 Å². The van der Waals surface area contributed by atoms with E-state index in [1.54, 1.807) is 17.8 Å². The highest BCUT2D eigenvalue weighted by Crippen LogP contribution is 2.29. The second kappa shape index (κ2) is 6.79. The summed E-state index contributed by atoms with van der Waals surface area (Å²) < 4.78 is 5.82. The van der Waals surface area contributed by atoms with Gasteiger partial charge in [0.1, 0.15) is 0 Å². The summed E-state index contributed by atoms with van der Waals surface area (Å²) in [5, 5.41) is 0.672. The molecule has 1 aromatic carbocycles. The fourth-order valence-electron chi connectivity index (χ4n) is 3.14. The summed E-state index contributed by atoms with van der Waals surface area (Å²) in [5.74, 6) is 0.997. The number of hydrogen-bond donors (Lipinski definition) is 0. The summed E-state index contributed by atoms with van der Waals surface area (Å²) in [4.78, 5) is 18.1. The van der Waals surface area contributed by atoms with Gasteiger partial charge >= 0.3 is 0 Å². The smallest absolute Gasteiger partial charge is 0.255 e. The monoisotopic (exact) mass is 340 g/mol. The van der Waals surface area contributed by atoms with E-state index in [4.69, 9.17) is 16.3 Å². The van der Waals surface area contributed by atoms with Crippen LogP contribution in [-0.4, -0.2) is 66.9 Å². The highest BCUT2D eigenvalue weighted by molar-refractivity contribution is 7.99. The van der Waals surface area contributed by atoms with Gasteiger partial charge in [-0.05, 0) is 31.0 Å². The minimum absolute atomic E-state index is 0.0824. The molecule has 22 heavy (non-hydrogen) atoms. The zero-order chi connectivity index (χ0) is 15.7. The Bertz CT molecular complexity index is 569. The molecule has 0 aromatic heterocycles. The molecule has 0 unspecified atom stereocenters. The molecule has 2 atom stereocenters. The molecule has 1 amide bonds. The fourth-order valence-corrected chi connectivity index (χ4v) is 4.21. The number of nitrogens with zero attached hydrogens (tertiary/aromatic N) is 2. The number of carbonyl (C=O) groups is 1. The zero-order valence-corrected chi connectivity index (χ0v) is 14.5. The van der Waals surface area contributed by atoms with Gasteiger partial charge in [-0.3, -0.25) is 9.69 Å². The highest BCUT2D eigenvalue weighted by atomic mass is 35.5. The van der Waals surface area contributed by atoms with E-state index in [-0.39, 0.29) is 12.0 Å². The molecule has 2 aliphatic rings. The molecule has 0 bridgehead atoms. The number of likely N-dealkylation sites (tertiary alicyclic amines) is 1. The molecule has 3 rings (SSSR count). The van der Waals surface area contributed by atoms with Crippen molar-refractivity contribution >= 4 is 29.3 Å². The van der Waals surface area contributed by atoms with Gasteiger partial charge in [0.25, 0.3) is 5.91 Å². The third kappa shape index (κ3) is 3.13. The minimum atomic E-state index is 0.0824. The van der Waals surface area contributed by atoms with Gasteiger partial charge in [0.2, 0.25) is 0 Å². The number of ether oxygens (including phenoxy) is 1. The first-order valence-electron chi connectivity index (χ1n) is 7.63. The predicted octanol–water partition coefficient (Wildman–Crippen LogP) is 2.61. The molecule has 0 radical (unpaired) electrons. The Morgan fingerprint density at radius 1 is 1.45 bits per heavy atom. The van der Waals surface area contributed by atoms with Crippen molar-refractivity contribution in [2.45, 2.75) is 24.0 Å². The third-order valence-corrected chi connectivity index (χ3v) is 5.51. The number of morpholine rings is 1. The molecule has 4 nitrogen and oxygen atoms in total. The van der Waals surface area contributed by atoms with Gasteiger partial charge in [-0.25, -0.2) is 0 Å². The number of fused-ring (bicyclic) bond motifs is 1. The van der Waals surface area contributed by atoms with Crippen molar-refractivity contribution in [1.29, 1.82) is 0 Å². The van der Waals surface area contributed by atoms with Crippen molar-refractivity contribution in [3.8, 4) is 0 Å². The Labute approximate surface area is 140 Å². The van der Waals surface area contributed by atoms with Crippen LogP contribution in [0.3, 0.4) is 0 Å². The molecule has 2 heterocycles. The lowest BCUT2D eigenvalue weighted by atomic mass is 10.1. The van der Waals surface area contributed by atoms with Gasteiger partial charge in [-0.2, -0.15) is 0 Å². The summed E-state index contributed by atoms with van der Waals surface area (Å²) in [6.07, 6.45) is 0.136. The summed E-state index contributed by atoms with van der Waals surface area (Å²) in [6.45, 7) is 5.16. The summed E-state index contributed by atoms with van der Waals surface area (Å²) >= 11 is 7.73. The van der Waals surface area contributed by atoms with Crippen LogP contribution in [0.5, 0.6) is 0 Å². The molecule has 6 heteroatoms. The lowest BCUT2D eigenvalue weighted by molar-refractivity contribution is -0.0368. The van der Waals surface area contributed by atoms with Gasteiger partial charge < -0.3 is 9.64 Å². The number of amides is 1. The quantitative estimate of drug-likeness (QED) is 0.792. The first-order valence-corrected chi connectivity index (χ1v) is 9.00. The van der Waals surface area contributed by atoms with Crippen LogP contribution in [0, 0.1) is 0 Å². The standard InChI is InChI=1S/C16H21ClN2O2S/c1-3-22-15-8-11(17)4-5-12(15)16(20)19-9-13-14(10-19)21-7-6-18(13)2/h4-5,8,13-14H,3,6-7,9-10H2,1-2H3/t13-,14-/m0/s1. The zero-order valence-electron chi connectivity index (χ0n) is 12.9. The van der Waals surface area contributed by atoms with E-state index in [1.807, 2.05) is 17.0 Å². The summed E-state index contributed by atoms with van der Waals surface area (Å²) in [6, 6.07) is 5.83. The normalized spacial score (nSPS) is 25.3. The minimum Gasteiger partial charge on any atom is -0.373 e. The van der Waals surface area contributed by atoms with Gasteiger partial charge in [-0.15, -0.1) is 11.8 Å². The van der Waals surface area contributed by atoms with Crippen molar-refractivity contribution in [2.24, 2.45) is 0 Å². The number of likely N-dealkylation sites (N-methyl/N-ethyl adjacent to an activating group) is 1. The van der Waals surface area contributed by atoms with E-state index in [1.165, 1.54) is 0 Å². The Morgan fingerprint density at radius 3 is 3.00 bits per heavy atom. The van der Waals surface area contributed by atoms with Crippen LogP contribution < -0.4 is 0 Å². The average molecular weight is 341 g/mol. The number of halogens is 1. The summed E-state index contributed by atoms with van der Waals surface area (Å²) in [7, 11) is 2.11. The van der Waals surface area contributed by atoms with Crippen LogP contribution in [0.1, 0.15) is 17.3 Å². The van der Waals surface area contributed by atoms with E-state index in [0.717, 1.165) is 35.9 Å². The van der Waals surface area contributed by atoms with Crippen molar-refractivity contribution in [2.75, 3.05) is 39.0 Å². The number of thioether (sulfide) groups is 1. The van der Waals surface area contributed by atoms with Crippen LogP contribution >= 0.6 is 23.4 Å². The molecule has 0 spiro atoms. The maximum Gasteiger partial charge on any atom is 0.255 e. The van der Waals surface area contributed by atoms with Crippen LogP contribution in [0.4, 0.5) is 0 Å². The predicted molar refractivity (Wildman–Crippen MR) is 89.9 cm³/mol. The van der Waals surface area contributed by atoms with Crippen LogP contribution in [0.15, 0.2) is 23.1 Å². The number of benzene rings is 1. The van der Waals surface area contributed by atoms with Gasteiger partial charge in [0, 0.05) is 29.6 Å². The molecule has 0 saturated carbocycles. The second-order valence-electron chi connectivity index (χ2n) is 5.74. The molecule has 2 aliphatic heterocycles. The summed E-state index contributed by atoms with van der Waals surface area (Å²) in [5.41, 5.74) is 0.748. The van der Waals surface area contributed by atoms with Crippen molar-refractivity contribution in [3.63, 3.8) is 0 Å². The maximum absolute atomic E-state index is 12.9. The SMILES string of the molecule is CCSc1cc(Cl)ccc1C(=O)N1C[C@@H]2OCCN(C)[C@H]2C1. The molecular formula is C16H21ClN2O2S. The number of rotatable bonds is 3. The number of carbonyl (C=O) groups excluding carboxylic acids is 1. The Balaban J connectivity index is 1.80. The lowest BCUT2D eigenvalue weighted by Crippen LogP contribution is -2.48. The van der Waals surface area contributed by atoms with Gasteiger partial charge in [0.15, 0.2) is 0 Å². The molecule has 2 saturated heterocycles. The molecule has 120 valence electrons. The molecule has 0 N–H and O–H groups in total. The van der Waals surface area contributed by atoms with Gasteiger partial charge in [0.05, 0.1) is 24.3 Å². The Hall–Kier alpha value is -0.750. The Kier molecular flexibility index (Phi) is 4.97. The molecule has 0 aliphatic carbocycles. The van der Waals surface area contributed by atoms with E-state index in [2.05, 4.69) is 18.9 Å². The molecule has 1 aromatic rings. The second-order valence-corrected chi connectivity index (χ2v) is 7.48. The van der Waals surface area contributed by atoms with Crippen molar-refractivity contribution < 1.29 is 9.53 Å². The van der Waals surface area contributed by atoms with Crippen LogP contribution in [-0.2, 0) is 4.74 Å².